The van der Waals surface area contributed by atoms with Crippen LogP contribution in [0.3, 0.4) is 0 Å². The van der Waals surface area contributed by atoms with Crippen LogP contribution in [0.4, 0.5) is 10.1 Å². The fourth-order valence-electron chi connectivity index (χ4n) is 2.43. The lowest BCUT2D eigenvalue weighted by molar-refractivity contribution is -0.122. The van der Waals surface area contributed by atoms with Crippen LogP contribution < -0.4 is 11.1 Å². The van der Waals surface area contributed by atoms with Gasteiger partial charge in [-0.05, 0) is 31.0 Å². The molecule has 1 aliphatic carbocycles. The molecule has 2 rings (SSSR count). The van der Waals surface area contributed by atoms with E-state index >= 15 is 0 Å². The number of carboxylic acids is 1. The van der Waals surface area contributed by atoms with Crippen LogP contribution in [-0.4, -0.2) is 22.5 Å². The summed E-state index contributed by atoms with van der Waals surface area (Å²) in [5.74, 6) is -2.58. The molecule has 1 amide bonds. The van der Waals surface area contributed by atoms with Crippen molar-refractivity contribution < 1.29 is 19.1 Å². The number of rotatable bonds is 3. The number of hydrogen-bond donors (Lipinski definition) is 3. The predicted molar refractivity (Wildman–Crippen MR) is 72.0 cm³/mol. The maximum absolute atomic E-state index is 13.5. The first-order chi connectivity index (χ1) is 9.42. The van der Waals surface area contributed by atoms with E-state index in [1.54, 1.807) is 0 Å². The number of nitrogens with one attached hydrogen (secondary N) is 1. The Kier molecular flexibility index (Phi) is 4.04. The van der Waals surface area contributed by atoms with E-state index in [0.717, 1.165) is 31.4 Å². The molecule has 6 heteroatoms. The molecule has 0 spiro atoms. The molecule has 0 unspecified atom stereocenters. The van der Waals surface area contributed by atoms with Gasteiger partial charge in [0.05, 0.1) is 11.1 Å². The van der Waals surface area contributed by atoms with Gasteiger partial charge in [0.15, 0.2) is 0 Å². The summed E-state index contributed by atoms with van der Waals surface area (Å²) in [5, 5.41) is 11.3. The van der Waals surface area contributed by atoms with Crippen LogP contribution in [0.5, 0.6) is 0 Å². The Bertz CT molecular complexity index is 539. The normalized spacial score (nSPS) is 17.5. The molecule has 1 fully saturated rings. The smallest absolute Gasteiger partial charge is 0.338 e. The van der Waals surface area contributed by atoms with Gasteiger partial charge in [-0.15, -0.1) is 0 Å². The van der Waals surface area contributed by atoms with Crippen LogP contribution in [0.2, 0.25) is 0 Å². The Morgan fingerprint density at radius 2 is 1.90 bits per heavy atom. The van der Waals surface area contributed by atoms with Gasteiger partial charge in [-0.2, -0.15) is 0 Å². The maximum Gasteiger partial charge on any atom is 0.338 e. The average Bonchev–Trinajstić information content (AvgIpc) is 2.39. The Balaban J connectivity index is 2.12. The third-order valence-corrected chi connectivity index (χ3v) is 3.66. The molecule has 4 N–H and O–H groups in total. The third-order valence-electron chi connectivity index (χ3n) is 3.66. The molecule has 5 nitrogen and oxygen atoms in total. The molecule has 0 radical (unpaired) electrons. The van der Waals surface area contributed by atoms with Crippen molar-refractivity contribution in [3.63, 3.8) is 0 Å². The van der Waals surface area contributed by atoms with Crippen molar-refractivity contribution in [2.24, 2.45) is 5.73 Å². The number of amides is 1. The molecule has 1 saturated carbocycles. The Hall–Kier alpha value is -1.95. The van der Waals surface area contributed by atoms with Crippen molar-refractivity contribution in [3.8, 4) is 0 Å². The van der Waals surface area contributed by atoms with Gasteiger partial charge in [0.25, 0.3) is 0 Å². The molecular formula is C14H17FN2O3. The van der Waals surface area contributed by atoms with Gasteiger partial charge in [-0.1, -0.05) is 19.3 Å². The summed E-state index contributed by atoms with van der Waals surface area (Å²) < 4.78 is 13.5. The van der Waals surface area contributed by atoms with E-state index in [1.807, 2.05) is 0 Å². The zero-order chi connectivity index (χ0) is 14.8. The molecule has 108 valence electrons. The Labute approximate surface area is 116 Å². The molecule has 0 heterocycles. The van der Waals surface area contributed by atoms with Crippen molar-refractivity contribution in [3.05, 3.63) is 29.6 Å². The lowest BCUT2D eigenvalue weighted by atomic mass is 9.82. The SMILES string of the molecule is NC1(C(=O)Nc2ccc(C(=O)O)c(F)c2)CCCCC1. The number of anilines is 1. The number of carbonyl (C=O) groups is 2. The standard InChI is InChI=1S/C14H17FN2O3/c15-11-8-9(4-5-10(11)12(18)19)17-13(20)14(16)6-2-1-3-7-14/h4-5,8H,1-3,6-7,16H2,(H,17,20)(H,18,19). The maximum atomic E-state index is 13.5. The second-order valence-corrected chi connectivity index (χ2v) is 5.17. The van der Waals surface area contributed by atoms with Gasteiger partial charge < -0.3 is 16.2 Å². The Morgan fingerprint density at radius 1 is 1.25 bits per heavy atom. The topological polar surface area (TPSA) is 92.4 Å². The molecule has 0 saturated heterocycles. The highest BCUT2D eigenvalue weighted by Crippen LogP contribution is 2.27. The highest BCUT2D eigenvalue weighted by molar-refractivity contribution is 5.98. The summed E-state index contributed by atoms with van der Waals surface area (Å²) >= 11 is 0. The van der Waals surface area contributed by atoms with Crippen LogP contribution in [0.25, 0.3) is 0 Å². The number of aromatic carboxylic acids is 1. The molecule has 1 aliphatic rings. The minimum absolute atomic E-state index is 0.216. The van der Waals surface area contributed by atoms with Crippen LogP contribution in [0, 0.1) is 5.82 Å². The van der Waals surface area contributed by atoms with Crippen molar-refractivity contribution in [2.45, 2.75) is 37.6 Å². The van der Waals surface area contributed by atoms with E-state index in [0.29, 0.717) is 12.8 Å². The van der Waals surface area contributed by atoms with Gasteiger partial charge in [0.2, 0.25) is 5.91 Å². The number of carboxylic acid groups (broad SMARTS) is 1. The van der Waals surface area contributed by atoms with E-state index in [1.165, 1.54) is 6.07 Å². The first kappa shape index (κ1) is 14.5. The summed E-state index contributed by atoms with van der Waals surface area (Å²) in [5.41, 5.74) is 4.94. The molecule has 1 aromatic rings. The quantitative estimate of drug-likeness (QED) is 0.790. The van der Waals surface area contributed by atoms with Crippen molar-refractivity contribution >= 4 is 17.6 Å². The lowest BCUT2D eigenvalue weighted by Crippen LogP contribution is -2.52. The van der Waals surface area contributed by atoms with Crippen molar-refractivity contribution in [1.82, 2.24) is 0 Å². The van der Waals surface area contributed by atoms with Gasteiger partial charge in [0.1, 0.15) is 5.82 Å². The average molecular weight is 280 g/mol. The van der Waals surface area contributed by atoms with Gasteiger partial charge in [-0.3, -0.25) is 4.79 Å². The second kappa shape index (κ2) is 5.58. The second-order valence-electron chi connectivity index (χ2n) is 5.17. The van der Waals surface area contributed by atoms with Crippen LogP contribution in [0.15, 0.2) is 18.2 Å². The molecule has 1 aromatic carbocycles. The fourth-order valence-corrected chi connectivity index (χ4v) is 2.43. The third kappa shape index (κ3) is 2.96. The fraction of sp³-hybridized carbons (Fsp3) is 0.429. The highest BCUT2D eigenvalue weighted by Gasteiger charge is 2.35. The number of hydrogen-bond acceptors (Lipinski definition) is 3. The zero-order valence-electron chi connectivity index (χ0n) is 11.0. The van der Waals surface area contributed by atoms with Crippen LogP contribution in [-0.2, 0) is 4.79 Å². The van der Waals surface area contributed by atoms with Gasteiger partial charge >= 0.3 is 5.97 Å². The van der Waals surface area contributed by atoms with Gasteiger partial charge in [-0.25, -0.2) is 9.18 Å². The highest BCUT2D eigenvalue weighted by atomic mass is 19.1. The van der Waals surface area contributed by atoms with Crippen LogP contribution in [0.1, 0.15) is 42.5 Å². The minimum Gasteiger partial charge on any atom is -0.478 e. The molecule has 0 aromatic heterocycles. The summed E-state index contributed by atoms with van der Waals surface area (Å²) in [6.07, 6.45) is 4.07. The van der Waals surface area contributed by atoms with E-state index < -0.39 is 22.9 Å². The number of halogens is 1. The lowest BCUT2D eigenvalue weighted by Gasteiger charge is -2.31. The zero-order valence-corrected chi connectivity index (χ0v) is 11.0. The van der Waals surface area contributed by atoms with E-state index in [4.69, 9.17) is 10.8 Å². The molecule has 0 bridgehead atoms. The summed E-state index contributed by atoms with van der Waals surface area (Å²) in [6, 6.07) is 3.47. The molecular weight excluding hydrogens is 263 g/mol. The number of nitrogens with two attached hydrogens (primary N) is 1. The first-order valence-electron chi connectivity index (χ1n) is 6.55. The monoisotopic (exact) mass is 280 g/mol. The van der Waals surface area contributed by atoms with Crippen molar-refractivity contribution in [2.75, 3.05) is 5.32 Å². The minimum atomic E-state index is -1.34. The van der Waals surface area contributed by atoms with Gasteiger partial charge in [0, 0.05) is 5.69 Å². The van der Waals surface area contributed by atoms with E-state index in [2.05, 4.69) is 5.32 Å². The summed E-state index contributed by atoms with van der Waals surface area (Å²) in [6.45, 7) is 0. The molecule has 20 heavy (non-hydrogen) atoms. The largest absolute Gasteiger partial charge is 0.478 e. The number of carbonyl (C=O) groups excluding carboxylic acids is 1. The first-order valence-corrected chi connectivity index (χ1v) is 6.55. The summed E-state index contributed by atoms with van der Waals surface area (Å²) in [4.78, 5) is 22.9. The molecule has 0 aliphatic heterocycles. The summed E-state index contributed by atoms with van der Waals surface area (Å²) in [7, 11) is 0. The predicted octanol–water partition coefficient (Wildman–Crippen LogP) is 2.12. The van der Waals surface area contributed by atoms with Crippen LogP contribution >= 0.6 is 0 Å². The molecule has 0 atom stereocenters. The van der Waals surface area contributed by atoms with E-state index in [9.17, 15) is 14.0 Å². The van der Waals surface area contributed by atoms with E-state index in [-0.39, 0.29) is 11.6 Å². The van der Waals surface area contributed by atoms with Crippen molar-refractivity contribution in [1.29, 1.82) is 0 Å². The Morgan fingerprint density at radius 3 is 2.45 bits per heavy atom. The number of benzene rings is 1.